The molecule has 24 heavy (non-hydrogen) atoms. The zero-order valence-electron chi connectivity index (χ0n) is 15.8. The first-order chi connectivity index (χ1) is 11.2. The number of rotatable bonds is 8. The molecule has 0 saturated carbocycles. The van der Waals surface area contributed by atoms with Gasteiger partial charge in [0.2, 0.25) is 11.8 Å². The van der Waals surface area contributed by atoms with E-state index >= 15 is 0 Å². The van der Waals surface area contributed by atoms with Gasteiger partial charge >= 0.3 is 6.03 Å². The fraction of sp³-hybridized carbons (Fsp3) is 0.765. The lowest BCUT2D eigenvalue weighted by atomic mass is 9.98. The second kappa shape index (κ2) is 8.92. The zero-order chi connectivity index (χ0) is 18.4. The van der Waals surface area contributed by atoms with E-state index in [9.17, 15) is 14.4 Å². The van der Waals surface area contributed by atoms with Crippen LogP contribution in [-0.2, 0) is 9.59 Å². The molecule has 0 unspecified atom stereocenters. The van der Waals surface area contributed by atoms with Crippen molar-refractivity contribution in [2.45, 2.75) is 46.6 Å². The highest BCUT2D eigenvalue weighted by Crippen LogP contribution is 2.17. The van der Waals surface area contributed by atoms with Crippen molar-refractivity contribution in [3.8, 4) is 0 Å². The van der Waals surface area contributed by atoms with Crippen LogP contribution in [0.2, 0.25) is 0 Å². The maximum absolute atomic E-state index is 12.3. The highest BCUT2D eigenvalue weighted by molar-refractivity contribution is 6.26. The largest absolute Gasteiger partial charge is 0.335 e. The summed E-state index contributed by atoms with van der Waals surface area (Å²) >= 11 is 0. The van der Waals surface area contributed by atoms with Crippen molar-refractivity contribution >= 4 is 23.6 Å². The van der Waals surface area contributed by atoms with E-state index in [0.29, 0.717) is 5.71 Å². The zero-order valence-corrected chi connectivity index (χ0v) is 15.8. The van der Waals surface area contributed by atoms with Crippen molar-refractivity contribution in [1.29, 1.82) is 0 Å². The van der Waals surface area contributed by atoms with E-state index < -0.39 is 23.8 Å². The van der Waals surface area contributed by atoms with Gasteiger partial charge in [-0.05, 0) is 40.5 Å². The predicted molar refractivity (Wildman–Crippen MR) is 93.1 cm³/mol. The molecule has 7 heteroatoms. The lowest BCUT2D eigenvalue weighted by Crippen LogP contribution is -3.11. The van der Waals surface area contributed by atoms with Gasteiger partial charge in [0, 0.05) is 25.8 Å². The summed E-state index contributed by atoms with van der Waals surface area (Å²) in [5.74, 6) is -1.97. The number of amides is 4. The smallest absolute Gasteiger partial charge is 0.332 e. The Morgan fingerprint density at radius 2 is 1.62 bits per heavy atom. The van der Waals surface area contributed by atoms with Crippen LogP contribution in [0.1, 0.15) is 40.5 Å². The molecule has 0 spiro atoms. The first-order valence-electron chi connectivity index (χ1n) is 8.71. The number of quaternary nitrogens is 1. The number of nitrogens with one attached hydrogen (secondary N) is 1. The van der Waals surface area contributed by atoms with Crippen LogP contribution in [0.15, 0.2) is 4.99 Å². The van der Waals surface area contributed by atoms with E-state index in [1.54, 1.807) is 11.8 Å². The molecule has 1 aliphatic rings. The summed E-state index contributed by atoms with van der Waals surface area (Å²) in [6.45, 7) is 11.4. The van der Waals surface area contributed by atoms with Crippen molar-refractivity contribution in [3.63, 3.8) is 0 Å². The standard InChI is InChI=1S/C17H30N4O3/c1-7-21(8-2)11-9-10-12(3)18-13(4)14-15(22)19(5)17(24)20(6)16(14)23/h12,14H,7-11H2,1-6H3/p+1/t12-/m0/s1. The first-order valence-corrected chi connectivity index (χ1v) is 8.71. The topological polar surface area (TPSA) is 74.5 Å². The fourth-order valence-corrected chi connectivity index (χ4v) is 3.00. The number of hydrogen-bond donors (Lipinski definition) is 1. The summed E-state index contributed by atoms with van der Waals surface area (Å²) in [4.78, 5) is 44.4. The highest BCUT2D eigenvalue weighted by atomic mass is 16.2. The molecule has 1 atom stereocenters. The molecular formula is C17H31N4O3+. The van der Waals surface area contributed by atoms with Crippen molar-refractivity contribution in [2.24, 2.45) is 10.9 Å². The van der Waals surface area contributed by atoms with E-state index in [2.05, 4.69) is 18.8 Å². The minimum absolute atomic E-state index is 0.0498. The van der Waals surface area contributed by atoms with Gasteiger partial charge in [0.15, 0.2) is 5.92 Å². The number of imide groups is 2. The Balaban J connectivity index is 2.71. The van der Waals surface area contributed by atoms with Crippen LogP contribution >= 0.6 is 0 Å². The second-order valence-electron chi connectivity index (χ2n) is 6.48. The fourth-order valence-electron chi connectivity index (χ4n) is 3.00. The van der Waals surface area contributed by atoms with E-state index in [0.717, 1.165) is 42.3 Å². The molecule has 0 radical (unpaired) electrons. The predicted octanol–water partition coefficient (Wildman–Crippen LogP) is 0.207. The summed E-state index contributed by atoms with van der Waals surface area (Å²) in [5, 5.41) is 0. The lowest BCUT2D eigenvalue weighted by Gasteiger charge is -2.33. The van der Waals surface area contributed by atoms with Crippen LogP contribution in [0.4, 0.5) is 4.79 Å². The quantitative estimate of drug-likeness (QED) is 0.507. The molecular weight excluding hydrogens is 308 g/mol. The third kappa shape index (κ3) is 4.63. The molecule has 1 rings (SSSR count). The van der Waals surface area contributed by atoms with Crippen LogP contribution in [0.3, 0.4) is 0 Å². The van der Waals surface area contributed by atoms with Gasteiger partial charge < -0.3 is 4.90 Å². The molecule has 1 N–H and O–H groups in total. The van der Waals surface area contributed by atoms with E-state index in [-0.39, 0.29) is 6.04 Å². The van der Waals surface area contributed by atoms with Gasteiger partial charge in [-0.3, -0.25) is 24.4 Å². The number of carbonyl (C=O) groups excluding carboxylic acids is 3. The molecule has 0 aliphatic carbocycles. The normalized spacial score (nSPS) is 18.8. The maximum Gasteiger partial charge on any atom is 0.332 e. The maximum atomic E-state index is 12.3. The molecule has 4 amide bonds. The SMILES string of the molecule is CC[NH+](CC)CCC[C@H](C)N=C(C)C1C(=O)N(C)C(=O)N(C)C1=O. The van der Waals surface area contributed by atoms with Gasteiger partial charge in [-0.1, -0.05) is 0 Å². The van der Waals surface area contributed by atoms with Gasteiger partial charge in [0.25, 0.3) is 0 Å². The summed E-state index contributed by atoms with van der Waals surface area (Å²) in [7, 11) is 2.79. The van der Waals surface area contributed by atoms with E-state index in [4.69, 9.17) is 0 Å². The average Bonchev–Trinajstić information content (AvgIpc) is 2.55. The third-order valence-electron chi connectivity index (χ3n) is 4.72. The van der Waals surface area contributed by atoms with Gasteiger partial charge in [-0.15, -0.1) is 0 Å². The third-order valence-corrected chi connectivity index (χ3v) is 4.72. The molecule has 1 aliphatic heterocycles. The molecule has 0 aromatic carbocycles. The van der Waals surface area contributed by atoms with Crippen LogP contribution < -0.4 is 4.90 Å². The van der Waals surface area contributed by atoms with Crippen molar-refractivity contribution in [3.05, 3.63) is 0 Å². The molecule has 1 saturated heterocycles. The second-order valence-corrected chi connectivity index (χ2v) is 6.48. The summed E-state index contributed by atoms with van der Waals surface area (Å²) in [5.41, 5.74) is 0.485. The van der Waals surface area contributed by atoms with Crippen LogP contribution in [0.5, 0.6) is 0 Å². The minimum Gasteiger partial charge on any atom is -0.335 e. The Kier molecular flexibility index (Phi) is 7.54. The molecule has 1 heterocycles. The number of nitrogens with zero attached hydrogens (tertiary/aromatic N) is 3. The van der Waals surface area contributed by atoms with Gasteiger partial charge in [0.05, 0.1) is 19.6 Å². The summed E-state index contributed by atoms with van der Waals surface area (Å²) < 4.78 is 0. The van der Waals surface area contributed by atoms with Crippen molar-refractivity contribution in [2.75, 3.05) is 33.7 Å². The number of carbonyl (C=O) groups is 3. The Morgan fingerprint density at radius 1 is 1.12 bits per heavy atom. The van der Waals surface area contributed by atoms with Crippen LogP contribution in [-0.4, -0.2) is 73.1 Å². The molecule has 136 valence electrons. The van der Waals surface area contributed by atoms with Crippen LogP contribution in [0, 0.1) is 5.92 Å². The number of hydrogen-bond acceptors (Lipinski definition) is 4. The molecule has 0 aromatic rings. The van der Waals surface area contributed by atoms with Gasteiger partial charge in [0.1, 0.15) is 0 Å². The van der Waals surface area contributed by atoms with Crippen LogP contribution in [0.25, 0.3) is 0 Å². The monoisotopic (exact) mass is 339 g/mol. The molecule has 0 bridgehead atoms. The van der Waals surface area contributed by atoms with Gasteiger partial charge in [-0.25, -0.2) is 4.79 Å². The number of barbiturate groups is 1. The Hall–Kier alpha value is -1.76. The molecule has 1 fully saturated rings. The van der Waals surface area contributed by atoms with E-state index in [1.165, 1.54) is 14.1 Å². The highest BCUT2D eigenvalue weighted by Gasteiger charge is 2.43. The molecule has 7 nitrogen and oxygen atoms in total. The summed E-state index contributed by atoms with van der Waals surface area (Å²) in [6.07, 6.45) is 1.97. The Labute approximate surface area is 144 Å². The number of aliphatic imine (C=N–C) groups is 1. The number of urea groups is 1. The average molecular weight is 339 g/mol. The first kappa shape index (κ1) is 20.3. The minimum atomic E-state index is -0.978. The van der Waals surface area contributed by atoms with E-state index in [1.807, 2.05) is 6.92 Å². The summed E-state index contributed by atoms with van der Waals surface area (Å²) in [6, 6.07) is -0.543. The van der Waals surface area contributed by atoms with Crippen molar-refractivity contribution < 1.29 is 19.3 Å². The lowest BCUT2D eigenvalue weighted by molar-refractivity contribution is -0.896. The van der Waals surface area contributed by atoms with Gasteiger partial charge in [-0.2, -0.15) is 0 Å². The molecule has 0 aromatic heterocycles. The Bertz CT molecular complexity index is 490. The van der Waals surface area contributed by atoms with Crippen molar-refractivity contribution in [1.82, 2.24) is 9.80 Å². The Morgan fingerprint density at radius 3 is 2.08 bits per heavy atom.